The summed E-state index contributed by atoms with van der Waals surface area (Å²) in [4.78, 5) is 3.25. The fraction of sp³-hybridized carbons (Fsp3) is 0.211. The minimum Gasteiger partial charge on any atom is -0.332 e. The lowest BCUT2D eigenvalue weighted by atomic mass is 10.1. The van der Waals surface area contributed by atoms with Crippen molar-refractivity contribution in [1.29, 1.82) is 0 Å². The van der Waals surface area contributed by atoms with Crippen LogP contribution in [0.2, 0.25) is 0 Å². The maximum absolute atomic E-state index is 5.69. The Morgan fingerprint density at radius 1 is 0.952 bits per heavy atom. The molecule has 0 amide bonds. The average molecular weight is 293 g/mol. The number of unbranched alkanes of at least 4 members (excludes halogenated alkanes) is 1. The second-order valence-electron chi connectivity index (χ2n) is 5.30. The quantitative estimate of drug-likeness (QED) is 0.732. The fourth-order valence-electron chi connectivity index (χ4n) is 2.69. The zero-order valence-corrected chi connectivity index (χ0v) is 13.1. The minimum absolute atomic E-state index is 0.959. The van der Waals surface area contributed by atoms with E-state index in [1.807, 2.05) is 6.07 Å². The van der Waals surface area contributed by atoms with Crippen molar-refractivity contribution in [2.75, 3.05) is 6.54 Å². The van der Waals surface area contributed by atoms with Gasteiger partial charge in [0.2, 0.25) is 0 Å². The molecule has 0 aromatic heterocycles. The maximum Gasteiger partial charge on any atom is 0.114 e. The molecule has 0 bridgehead atoms. The summed E-state index contributed by atoms with van der Waals surface area (Å²) in [5.74, 6) is 0. The second kappa shape index (κ2) is 6.23. The average Bonchev–Trinajstić information content (AvgIpc) is 2.79. The van der Waals surface area contributed by atoms with Crippen molar-refractivity contribution < 1.29 is 0 Å². The van der Waals surface area contributed by atoms with E-state index in [1.54, 1.807) is 0 Å². The monoisotopic (exact) mass is 293 g/mol. The van der Waals surface area contributed by atoms with Gasteiger partial charge in [-0.15, -0.1) is 0 Å². The standard InChI is InChI=1S/C19H19NS/c1-2-3-13-20-18(14-15-9-5-4-6-10-15)16-11-7-8-12-17(16)19(20)21/h4-12,14H,2-3,13H2,1H3/b18-14+. The molecule has 21 heavy (non-hydrogen) atoms. The largest absolute Gasteiger partial charge is 0.332 e. The molecular formula is C19H19NS. The number of rotatable bonds is 4. The first kappa shape index (κ1) is 14.0. The molecule has 2 heteroatoms. The first-order valence-electron chi connectivity index (χ1n) is 7.49. The highest BCUT2D eigenvalue weighted by atomic mass is 32.1. The first-order chi connectivity index (χ1) is 10.3. The Hall–Kier alpha value is -1.93. The van der Waals surface area contributed by atoms with Crippen LogP contribution in [0.15, 0.2) is 54.6 Å². The van der Waals surface area contributed by atoms with Crippen molar-refractivity contribution in [3.8, 4) is 0 Å². The molecule has 0 radical (unpaired) electrons. The third-order valence-corrected chi connectivity index (χ3v) is 4.25. The number of nitrogens with zero attached hydrogens (tertiary/aromatic N) is 1. The summed E-state index contributed by atoms with van der Waals surface area (Å²) in [6.07, 6.45) is 4.57. The molecular weight excluding hydrogens is 274 g/mol. The number of thiocarbonyl (C=S) groups is 1. The Labute approximate surface area is 131 Å². The topological polar surface area (TPSA) is 3.24 Å². The van der Waals surface area contributed by atoms with Crippen LogP contribution in [0, 0.1) is 0 Å². The normalized spacial score (nSPS) is 15.6. The van der Waals surface area contributed by atoms with Crippen LogP contribution >= 0.6 is 12.2 Å². The molecule has 0 saturated heterocycles. The van der Waals surface area contributed by atoms with Crippen molar-refractivity contribution in [2.24, 2.45) is 0 Å². The zero-order valence-electron chi connectivity index (χ0n) is 12.3. The van der Waals surface area contributed by atoms with Crippen LogP contribution in [-0.4, -0.2) is 16.4 Å². The summed E-state index contributed by atoms with van der Waals surface area (Å²) in [5.41, 5.74) is 4.89. The summed E-state index contributed by atoms with van der Waals surface area (Å²) in [7, 11) is 0. The van der Waals surface area contributed by atoms with E-state index in [1.165, 1.54) is 28.8 Å². The van der Waals surface area contributed by atoms with Gasteiger partial charge in [-0.3, -0.25) is 0 Å². The van der Waals surface area contributed by atoms with Crippen LogP contribution in [0.3, 0.4) is 0 Å². The van der Waals surface area contributed by atoms with Crippen molar-refractivity contribution in [3.63, 3.8) is 0 Å². The van der Waals surface area contributed by atoms with Crippen LogP contribution < -0.4 is 0 Å². The van der Waals surface area contributed by atoms with Gasteiger partial charge in [-0.1, -0.05) is 80.2 Å². The summed E-state index contributed by atoms with van der Waals surface area (Å²) in [6, 6.07) is 18.9. The van der Waals surface area contributed by atoms with Gasteiger partial charge < -0.3 is 4.90 Å². The van der Waals surface area contributed by atoms with Gasteiger partial charge >= 0.3 is 0 Å². The molecule has 1 aliphatic rings. The van der Waals surface area contributed by atoms with Crippen LogP contribution in [0.4, 0.5) is 0 Å². The molecule has 2 aromatic carbocycles. The molecule has 0 aliphatic carbocycles. The third-order valence-electron chi connectivity index (χ3n) is 3.81. The van der Waals surface area contributed by atoms with Gasteiger partial charge in [-0.2, -0.15) is 0 Å². The van der Waals surface area contributed by atoms with E-state index in [0.717, 1.165) is 18.0 Å². The molecule has 0 atom stereocenters. The highest BCUT2D eigenvalue weighted by molar-refractivity contribution is 7.80. The Bertz CT molecular complexity index is 673. The lowest BCUT2D eigenvalue weighted by Crippen LogP contribution is -2.23. The van der Waals surface area contributed by atoms with Crippen molar-refractivity contribution in [3.05, 3.63) is 71.3 Å². The predicted molar refractivity (Wildman–Crippen MR) is 94.1 cm³/mol. The van der Waals surface area contributed by atoms with E-state index in [2.05, 4.69) is 66.4 Å². The molecule has 2 aromatic rings. The van der Waals surface area contributed by atoms with Crippen LogP contribution in [0.1, 0.15) is 36.5 Å². The van der Waals surface area contributed by atoms with E-state index in [4.69, 9.17) is 12.2 Å². The smallest absolute Gasteiger partial charge is 0.114 e. The van der Waals surface area contributed by atoms with Crippen molar-refractivity contribution in [2.45, 2.75) is 19.8 Å². The summed E-state index contributed by atoms with van der Waals surface area (Å²) < 4.78 is 0. The Balaban J connectivity index is 2.05. The van der Waals surface area contributed by atoms with E-state index in [-0.39, 0.29) is 0 Å². The van der Waals surface area contributed by atoms with Crippen molar-refractivity contribution in [1.82, 2.24) is 4.90 Å². The number of hydrogen-bond donors (Lipinski definition) is 0. The Morgan fingerprint density at radius 3 is 2.33 bits per heavy atom. The van der Waals surface area contributed by atoms with Gasteiger partial charge in [0.1, 0.15) is 4.99 Å². The molecule has 1 aliphatic heterocycles. The predicted octanol–water partition coefficient (Wildman–Crippen LogP) is 4.98. The first-order valence-corrected chi connectivity index (χ1v) is 7.90. The third kappa shape index (κ3) is 2.77. The molecule has 0 saturated carbocycles. The van der Waals surface area contributed by atoms with E-state index >= 15 is 0 Å². The molecule has 3 rings (SSSR count). The van der Waals surface area contributed by atoms with Gasteiger partial charge in [0.25, 0.3) is 0 Å². The molecule has 1 nitrogen and oxygen atoms in total. The molecule has 106 valence electrons. The van der Waals surface area contributed by atoms with Gasteiger partial charge in [0.05, 0.1) is 5.70 Å². The lowest BCUT2D eigenvalue weighted by molar-refractivity contribution is 0.566. The van der Waals surface area contributed by atoms with Crippen LogP contribution in [0.5, 0.6) is 0 Å². The SMILES string of the molecule is CCCCN1C(=S)c2ccccc2/C1=C\c1ccccc1. The van der Waals surface area contributed by atoms with Gasteiger partial charge in [-0.05, 0) is 18.1 Å². The van der Waals surface area contributed by atoms with E-state index in [9.17, 15) is 0 Å². The Kier molecular flexibility index (Phi) is 4.16. The van der Waals surface area contributed by atoms with Gasteiger partial charge in [0, 0.05) is 17.7 Å². The molecule has 0 unspecified atom stereocenters. The van der Waals surface area contributed by atoms with E-state index < -0.39 is 0 Å². The minimum atomic E-state index is 0.959. The zero-order chi connectivity index (χ0) is 14.7. The van der Waals surface area contributed by atoms with Gasteiger partial charge in [-0.25, -0.2) is 0 Å². The highest BCUT2D eigenvalue weighted by Gasteiger charge is 2.27. The number of hydrogen-bond acceptors (Lipinski definition) is 1. The fourth-order valence-corrected chi connectivity index (χ4v) is 3.06. The Morgan fingerprint density at radius 2 is 1.62 bits per heavy atom. The second-order valence-corrected chi connectivity index (χ2v) is 5.68. The van der Waals surface area contributed by atoms with Crippen molar-refractivity contribution >= 4 is 29.0 Å². The molecule has 0 fully saturated rings. The van der Waals surface area contributed by atoms with E-state index in [0.29, 0.717) is 0 Å². The summed E-state index contributed by atoms with van der Waals surface area (Å²) in [6.45, 7) is 3.20. The lowest BCUT2D eigenvalue weighted by Gasteiger charge is -2.20. The summed E-state index contributed by atoms with van der Waals surface area (Å²) in [5, 5.41) is 0. The van der Waals surface area contributed by atoms with Crippen LogP contribution in [0.25, 0.3) is 11.8 Å². The van der Waals surface area contributed by atoms with Gasteiger partial charge in [0.15, 0.2) is 0 Å². The highest BCUT2D eigenvalue weighted by Crippen LogP contribution is 2.34. The maximum atomic E-state index is 5.69. The molecule has 1 heterocycles. The summed E-state index contributed by atoms with van der Waals surface area (Å²) >= 11 is 5.69. The van der Waals surface area contributed by atoms with Crippen LogP contribution in [-0.2, 0) is 0 Å². The molecule has 0 N–H and O–H groups in total. The number of benzene rings is 2. The number of fused-ring (bicyclic) bond motifs is 1. The molecule has 0 spiro atoms.